The number of anilines is 1. The van der Waals surface area contributed by atoms with Crippen LogP contribution >= 0.6 is 27.3 Å². The molecule has 0 fully saturated rings. The number of aromatic nitrogens is 2. The number of amides is 1. The first kappa shape index (κ1) is 15.1. The highest BCUT2D eigenvalue weighted by Gasteiger charge is 2.20. The largest absolute Gasteiger partial charge is 0.300 e. The summed E-state index contributed by atoms with van der Waals surface area (Å²) in [6, 6.07) is 8.07. The monoisotopic (exact) mass is 353 g/mol. The van der Waals surface area contributed by atoms with Gasteiger partial charge in [-0.15, -0.1) is 10.2 Å². The number of benzene rings is 1. The van der Waals surface area contributed by atoms with Crippen molar-refractivity contribution in [3.63, 3.8) is 0 Å². The first-order valence-electron chi connectivity index (χ1n) is 6.33. The van der Waals surface area contributed by atoms with Gasteiger partial charge in [-0.25, -0.2) is 0 Å². The molecule has 1 atom stereocenters. The maximum absolute atomic E-state index is 11.9. The van der Waals surface area contributed by atoms with Crippen LogP contribution < -0.4 is 5.32 Å². The van der Waals surface area contributed by atoms with Crippen molar-refractivity contribution >= 4 is 38.3 Å². The van der Waals surface area contributed by atoms with Crippen molar-refractivity contribution in [2.24, 2.45) is 5.92 Å². The lowest BCUT2D eigenvalue weighted by Crippen LogP contribution is -2.26. The molecule has 0 saturated heterocycles. The van der Waals surface area contributed by atoms with Gasteiger partial charge in [0.15, 0.2) is 0 Å². The Kier molecular flexibility index (Phi) is 4.88. The molecule has 0 bridgehead atoms. The molecular formula is C14H16BrN3OS. The number of rotatable bonds is 4. The second-order valence-electron chi connectivity index (χ2n) is 4.91. The van der Waals surface area contributed by atoms with E-state index in [2.05, 4.69) is 31.4 Å². The van der Waals surface area contributed by atoms with Crippen molar-refractivity contribution in [3.8, 4) is 10.6 Å². The Bertz CT molecular complexity index is 595. The van der Waals surface area contributed by atoms with E-state index in [9.17, 15) is 4.79 Å². The van der Waals surface area contributed by atoms with E-state index < -0.39 is 0 Å². The van der Waals surface area contributed by atoms with E-state index in [1.165, 1.54) is 16.9 Å². The quantitative estimate of drug-likeness (QED) is 0.848. The van der Waals surface area contributed by atoms with Crippen LogP contribution in [0.1, 0.15) is 19.4 Å². The lowest BCUT2D eigenvalue weighted by molar-refractivity contribution is -0.116. The molecule has 0 spiro atoms. The fraction of sp³-hybridized carbons (Fsp3) is 0.357. The number of hydrogen-bond acceptors (Lipinski definition) is 4. The summed E-state index contributed by atoms with van der Waals surface area (Å²) in [6.45, 7) is 6.01. The molecule has 4 nitrogen and oxygen atoms in total. The highest BCUT2D eigenvalue weighted by molar-refractivity contribution is 9.10. The molecular weight excluding hydrogens is 338 g/mol. The van der Waals surface area contributed by atoms with Crippen LogP contribution in [-0.2, 0) is 4.79 Å². The molecule has 1 amide bonds. The van der Waals surface area contributed by atoms with E-state index in [0.717, 1.165) is 10.6 Å². The van der Waals surface area contributed by atoms with Gasteiger partial charge < -0.3 is 0 Å². The van der Waals surface area contributed by atoms with Crippen LogP contribution in [0.5, 0.6) is 0 Å². The minimum Gasteiger partial charge on any atom is -0.300 e. The van der Waals surface area contributed by atoms with Gasteiger partial charge in [-0.2, -0.15) is 0 Å². The number of nitrogens with zero attached hydrogens (tertiary/aromatic N) is 2. The Labute approximate surface area is 130 Å². The third-order valence-corrected chi connectivity index (χ3v) is 5.15. The average Bonchev–Trinajstić information content (AvgIpc) is 2.87. The lowest BCUT2D eigenvalue weighted by Gasteiger charge is -2.11. The summed E-state index contributed by atoms with van der Waals surface area (Å²) in [5.74, 6) is 0.131. The Hall–Kier alpha value is -1.27. The molecule has 1 aromatic heterocycles. The summed E-state index contributed by atoms with van der Waals surface area (Å²) in [7, 11) is 0. The number of halogens is 1. The van der Waals surface area contributed by atoms with Crippen molar-refractivity contribution < 1.29 is 4.79 Å². The number of carbonyl (C=O) groups is 1. The molecule has 0 aliphatic carbocycles. The molecule has 0 saturated carbocycles. The van der Waals surface area contributed by atoms with Gasteiger partial charge in [0, 0.05) is 5.56 Å². The van der Waals surface area contributed by atoms with E-state index in [1.807, 2.05) is 45.0 Å². The van der Waals surface area contributed by atoms with Gasteiger partial charge >= 0.3 is 0 Å². The fourth-order valence-corrected chi connectivity index (χ4v) is 2.43. The van der Waals surface area contributed by atoms with Gasteiger partial charge in [0.05, 0.1) is 4.83 Å². The Morgan fingerprint density at radius 2 is 1.90 bits per heavy atom. The highest BCUT2D eigenvalue weighted by atomic mass is 79.9. The van der Waals surface area contributed by atoms with Crippen molar-refractivity contribution in [2.45, 2.75) is 25.6 Å². The van der Waals surface area contributed by atoms with Crippen molar-refractivity contribution in [1.29, 1.82) is 0 Å². The molecule has 1 unspecified atom stereocenters. The SMILES string of the molecule is Cc1ccc(-c2nnc(NC(=O)C(Br)C(C)C)s2)cc1. The van der Waals surface area contributed by atoms with E-state index in [4.69, 9.17) is 0 Å². The molecule has 1 N–H and O–H groups in total. The third kappa shape index (κ3) is 3.64. The zero-order valence-corrected chi connectivity index (χ0v) is 14.0. The molecule has 0 aliphatic heterocycles. The molecule has 20 heavy (non-hydrogen) atoms. The van der Waals surface area contributed by atoms with Gasteiger partial charge in [-0.3, -0.25) is 10.1 Å². The van der Waals surface area contributed by atoms with Gasteiger partial charge in [0.1, 0.15) is 5.01 Å². The van der Waals surface area contributed by atoms with Crippen molar-refractivity contribution in [3.05, 3.63) is 29.8 Å². The molecule has 2 aromatic rings. The number of aryl methyl sites for hydroxylation is 1. The van der Waals surface area contributed by atoms with Crippen LogP contribution in [0.4, 0.5) is 5.13 Å². The number of nitrogens with one attached hydrogen (secondary N) is 1. The maximum atomic E-state index is 11.9. The standard InChI is InChI=1S/C14H16BrN3OS/c1-8(2)11(15)12(19)16-14-18-17-13(20-14)10-6-4-9(3)5-7-10/h4-8,11H,1-3H3,(H,16,18,19). The normalized spacial score (nSPS) is 12.4. The predicted molar refractivity (Wildman–Crippen MR) is 86.3 cm³/mol. The summed E-state index contributed by atoms with van der Waals surface area (Å²) in [5.41, 5.74) is 2.21. The zero-order chi connectivity index (χ0) is 14.7. The molecule has 0 radical (unpaired) electrons. The summed E-state index contributed by atoms with van der Waals surface area (Å²) in [5, 5.41) is 12.2. The van der Waals surface area contributed by atoms with Crippen LogP contribution in [0.3, 0.4) is 0 Å². The second kappa shape index (κ2) is 6.45. The summed E-state index contributed by atoms with van der Waals surface area (Å²) < 4.78 is 0. The van der Waals surface area contributed by atoms with Crippen LogP contribution in [0.25, 0.3) is 10.6 Å². The first-order valence-corrected chi connectivity index (χ1v) is 8.06. The van der Waals surface area contributed by atoms with Crippen LogP contribution in [0.15, 0.2) is 24.3 Å². The number of carbonyl (C=O) groups excluding carboxylic acids is 1. The van der Waals surface area contributed by atoms with Gasteiger partial charge in [0.2, 0.25) is 11.0 Å². The van der Waals surface area contributed by atoms with Gasteiger partial charge in [-0.1, -0.05) is 70.9 Å². The lowest BCUT2D eigenvalue weighted by atomic mass is 10.1. The van der Waals surface area contributed by atoms with Crippen LogP contribution in [-0.4, -0.2) is 20.9 Å². The highest BCUT2D eigenvalue weighted by Crippen LogP contribution is 2.27. The Morgan fingerprint density at radius 1 is 1.25 bits per heavy atom. The zero-order valence-electron chi connectivity index (χ0n) is 11.6. The van der Waals surface area contributed by atoms with Crippen LogP contribution in [0.2, 0.25) is 0 Å². The Morgan fingerprint density at radius 3 is 2.50 bits per heavy atom. The number of hydrogen-bond donors (Lipinski definition) is 1. The number of alkyl halides is 1. The van der Waals surface area contributed by atoms with E-state index in [0.29, 0.717) is 5.13 Å². The second-order valence-corrected chi connectivity index (χ2v) is 6.88. The molecule has 6 heteroatoms. The summed E-state index contributed by atoms with van der Waals surface area (Å²) >= 11 is 4.74. The minimum atomic E-state index is -0.228. The topological polar surface area (TPSA) is 54.9 Å². The summed E-state index contributed by atoms with van der Waals surface area (Å²) in [6.07, 6.45) is 0. The predicted octanol–water partition coefficient (Wildman–Crippen LogP) is 3.87. The van der Waals surface area contributed by atoms with Crippen molar-refractivity contribution in [2.75, 3.05) is 5.32 Å². The van der Waals surface area contributed by atoms with Gasteiger partial charge in [0.25, 0.3) is 0 Å². The minimum absolute atomic E-state index is 0.0911. The van der Waals surface area contributed by atoms with Crippen molar-refractivity contribution in [1.82, 2.24) is 10.2 Å². The fourth-order valence-electron chi connectivity index (χ4n) is 1.56. The van der Waals surface area contributed by atoms with E-state index in [-0.39, 0.29) is 16.7 Å². The maximum Gasteiger partial charge on any atom is 0.240 e. The average molecular weight is 354 g/mol. The van der Waals surface area contributed by atoms with Crippen LogP contribution in [0, 0.1) is 12.8 Å². The molecule has 1 heterocycles. The summed E-state index contributed by atoms with van der Waals surface area (Å²) in [4.78, 5) is 11.7. The molecule has 2 rings (SSSR count). The van der Waals surface area contributed by atoms with E-state index in [1.54, 1.807) is 0 Å². The Balaban J connectivity index is 2.09. The van der Waals surface area contributed by atoms with E-state index >= 15 is 0 Å². The first-order chi connectivity index (χ1) is 9.47. The third-order valence-electron chi connectivity index (χ3n) is 2.79. The molecule has 0 aliphatic rings. The van der Waals surface area contributed by atoms with Gasteiger partial charge in [-0.05, 0) is 12.8 Å². The smallest absolute Gasteiger partial charge is 0.240 e. The molecule has 106 valence electrons. The molecule has 1 aromatic carbocycles.